The van der Waals surface area contributed by atoms with Gasteiger partial charge in [-0.25, -0.2) is 9.50 Å². The van der Waals surface area contributed by atoms with Crippen LogP contribution in [0.3, 0.4) is 0 Å². The number of aromatic nitrogens is 3. The van der Waals surface area contributed by atoms with E-state index in [9.17, 15) is 0 Å². The van der Waals surface area contributed by atoms with Crippen LogP contribution in [0.4, 0.5) is 5.82 Å². The van der Waals surface area contributed by atoms with E-state index in [4.69, 9.17) is 4.74 Å². The maximum absolute atomic E-state index is 5.45. The third kappa shape index (κ3) is 3.33. The monoisotopic (exact) mass is 289 g/mol. The van der Waals surface area contributed by atoms with Crippen LogP contribution in [0.25, 0.3) is 5.65 Å². The Morgan fingerprint density at radius 1 is 1.29 bits per heavy atom. The zero-order valence-electron chi connectivity index (χ0n) is 12.7. The van der Waals surface area contributed by atoms with Gasteiger partial charge in [0.25, 0.3) is 0 Å². The van der Waals surface area contributed by atoms with E-state index in [1.54, 1.807) is 10.7 Å². The molecule has 0 radical (unpaired) electrons. The highest BCUT2D eigenvalue weighted by molar-refractivity contribution is 5.43. The fourth-order valence-corrected chi connectivity index (χ4v) is 2.81. The second-order valence-corrected chi connectivity index (χ2v) is 5.79. The summed E-state index contributed by atoms with van der Waals surface area (Å²) in [6.45, 7) is 9.13. The minimum Gasteiger partial charge on any atom is -0.379 e. The van der Waals surface area contributed by atoms with Crippen molar-refractivity contribution in [2.45, 2.75) is 19.9 Å². The molecule has 0 aromatic carbocycles. The number of nitrogens with one attached hydrogen (secondary N) is 1. The van der Waals surface area contributed by atoms with Crippen molar-refractivity contribution in [1.82, 2.24) is 19.5 Å². The van der Waals surface area contributed by atoms with Crippen molar-refractivity contribution in [3.8, 4) is 0 Å². The number of morpholine rings is 1. The average molecular weight is 289 g/mol. The summed E-state index contributed by atoms with van der Waals surface area (Å²) < 4.78 is 7.24. The Morgan fingerprint density at radius 3 is 2.86 bits per heavy atom. The third-order valence-corrected chi connectivity index (χ3v) is 4.03. The first-order valence-electron chi connectivity index (χ1n) is 7.60. The van der Waals surface area contributed by atoms with Crippen LogP contribution in [0.5, 0.6) is 0 Å². The Labute approximate surface area is 125 Å². The van der Waals surface area contributed by atoms with Gasteiger partial charge in [-0.15, -0.1) is 5.10 Å². The molecular formula is C15H23N5O. The van der Waals surface area contributed by atoms with E-state index in [0.717, 1.165) is 44.3 Å². The SMILES string of the molecule is CC(C)[C@H](CNc1ccc2nccn2n1)N1CCOCC1. The average Bonchev–Trinajstić information content (AvgIpc) is 2.96. The fourth-order valence-electron chi connectivity index (χ4n) is 2.81. The number of rotatable bonds is 5. The first-order valence-corrected chi connectivity index (χ1v) is 7.60. The molecule has 0 unspecified atom stereocenters. The van der Waals surface area contributed by atoms with Crippen LogP contribution >= 0.6 is 0 Å². The molecule has 114 valence electrons. The van der Waals surface area contributed by atoms with Crippen LogP contribution in [-0.2, 0) is 4.74 Å². The first-order chi connectivity index (χ1) is 10.2. The van der Waals surface area contributed by atoms with Gasteiger partial charge in [-0.05, 0) is 18.1 Å². The highest BCUT2D eigenvalue weighted by atomic mass is 16.5. The molecule has 6 heteroatoms. The van der Waals surface area contributed by atoms with Gasteiger partial charge < -0.3 is 10.1 Å². The van der Waals surface area contributed by atoms with Crippen LogP contribution in [0.1, 0.15) is 13.8 Å². The van der Waals surface area contributed by atoms with E-state index in [1.807, 2.05) is 18.3 Å². The second kappa shape index (κ2) is 6.41. The van der Waals surface area contributed by atoms with Gasteiger partial charge in [0.1, 0.15) is 5.82 Å². The summed E-state index contributed by atoms with van der Waals surface area (Å²) in [6, 6.07) is 4.46. The topological polar surface area (TPSA) is 54.7 Å². The molecule has 1 N–H and O–H groups in total. The van der Waals surface area contributed by atoms with Crippen LogP contribution < -0.4 is 5.32 Å². The van der Waals surface area contributed by atoms with Crippen LogP contribution in [0.15, 0.2) is 24.5 Å². The van der Waals surface area contributed by atoms with Crippen molar-refractivity contribution in [2.75, 3.05) is 38.2 Å². The molecule has 0 amide bonds. The Bertz CT molecular complexity index is 576. The molecule has 3 heterocycles. The van der Waals surface area contributed by atoms with Gasteiger partial charge in [0, 0.05) is 38.1 Å². The number of anilines is 1. The molecule has 6 nitrogen and oxygen atoms in total. The standard InChI is InChI=1S/C15H23N5O/c1-12(2)13(19-7-9-21-10-8-19)11-17-14-3-4-15-16-5-6-20(15)18-14/h3-6,12-13H,7-11H2,1-2H3,(H,17,18)/t13-/m0/s1. The summed E-state index contributed by atoms with van der Waals surface area (Å²) in [5.41, 5.74) is 0.870. The lowest BCUT2D eigenvalue weighted by molar-refractivity contribution is 0.00953. The highest BCUT2D eigenvalue weighted by Crippen LogP contribution is 2.14. The number of imidazole rings is 1. The Hall–Kier alpha value is -1.66. The van der Waals surface area contributed by atoms with Crippen LogP contribution in [-0.4, -0.2) is 58.4 Å². The summed E-state index contributed by atoms with van der Waals surface area (Å²) in [4.78, 5) is 6.72. The van der Waals surface area contributed by atoms with E-state index in [0.29, 0.717) is 12.0 Å². The van der Waals surface area contributed by atoms with Crippen molar-refractivity contribution < 1.29 is 4.74 Å². The normalized spacial score (nSPS) is 18.2. The number of hydrogen-bond donors (Lipinski definition) is 1. The maximum atomic E-state index is 5.45. The Morgan fingerprint density at radius 2 is 2.10 bits per heavy atom. The lowest BCUT2D eigenvalue weighted by Gasteiger charge is -2.37. The lowest BCUT2D eigenvalue weighted by Crippen LogP contribution is -2.49. The Kier molecular flexibility index (Phi) is 4.36. The minimum atomic E-state index is 0.495. The summed E-state index contributed by atoms with van der Waals surface area (Å²) in [5, 5.41) is 7.97. The second-order valence-electron chi connectivity index (χ2n) is 5.79. The maximum Gasteiger partial charge on any atom is 0.153 e. The summed E-state index contributed by atoms with van der Waals surface area (Å²) >= 11 is 0. The molecule has 0 saturated carbocycles. The smallest absolute Gasteiger partial charge is 0.153 e. The molecule has 0 aliphatic carbocycles. The third-order valence-electron chi connectivity index (χ3n) is 4.03. The molecule has 1 fully saturated rings. The van der Waals surface area contributed by atoms with Crippen molar-refractivity contribution in [3.63, 3.8) is 0 Å². The van der Waals surface area contributed by atoms with E-state index < -0.39 is 0 Å². The number of nitrogens with zero attached hydrogens (tertiary/aromatic N) is 4. The van der Waals surface area contributed by atoms with Gasteiger partial charge in [0.05, 0.1) is 13.2 Å². The van der Waals surface area contributed by atoms with Crippen molar-refractivity contribution in [1.29, 1.82) is 0 Å². The van der Waals surface area contributed by atoms with E-state index in [1.165, 1.54) is 0 Å². The van der Waals surface area contributed by atoms with Gasteiger partial charge >= 0.3 is 0 Å². The minimum absolute atomic E-state index is 0.495. The molecule has 0 spiro atoms. The number of fused-ring (bicyclic) bond motifs is 1. The molecule has 0 bridgehead atoms. The van der Waals surface area contributed by atoms with Crippen LogP contribution in [0.2, 0.25) is 0 Å². The number of hydrogen-bond acceptors (Lipinski definition) is 5. The zero-order chi connectivity index (χ0) is 14.7. The zero-order valence-corrected chi connectivity index (χ0v) is 12.7. The van der Waals surface area contributed by atoms with E-state index >= 15 is 0 Å². The first kappa shape index (κ1) is 14.3. The fraction of sp³-hybridized carbons (Fsp3) is 0.600. The predicted molar refractivity (Wildman–Crippen MR) is 82.5 cm³/mol. The Balaban J connectivity index is 1.65. The molecule has 1 aliphatic heterocycles. The van der Waals surface area contributed by atoms with Crippen molar-refractivity contribution >= 4 is 11.5 Å². The number of ether oxygens (including phenoxy) is 1. The molecule has 2 aromatic heterocycles. The molecule has 1 saturated heterocycles. The van der Waals surface area contributed by atoms with Crippen LogP contribution in [0, 0.1) is 5.92 Å². The summed E-state index contributed by atoms with van der Waals surface area (Å²) in [5.74, 6) is 1.48. The molecule has 21 heavy (non-hydrogen) atoms. The molecule has 1 aliphatic rings. The van der Waals surface area contributed by atoms with Gasteiger partial charge in [-0.3, -0.25) is 4.90 Å². The summed E-state index contributed by atoms with van der Waals surface area (Å²) in [7, 11) is 0. The van der Waals surface area contributed by atoms with E-state index in [2.05, 4.69) is 34.1 Å². The predicted octanol–water partition coefficient (Wildman–Crippen LogP) is 1.50. The molecular weight excluding hydrogens is 266 g/mol. The lowest BCUT2D eigenvalue weighted by atomic mass is 10.0. The molecule has 3 rings (SSSR count). The van der Waals surface area contributed by atoms with Gasteiger partial charge in [0.15, 0.2) is 5.65 Å². The molecule has 1 atom stereocenters. The quantitative estimate of drug-likeness (QED) is 0.904. The van der Waals surface area contributed by atoms with Crippen molar-refractivity contribution in [2.24, 2.45) is 5.92 Å². The van der Waals surface area contributed by atoms with Gasteiger partial charge in [0.2, 0.25) is 0 Å². The van der Waals surface area contributed by atoms with Gasteiger partial charge in [-0.1, -0.05) is 13.8 Å². The highest BCUT2D eigenvalue weighted by Gasteiger charge is 2.23. The largest absolute Gasteiger partial charge is 0.379 e. The van der Waals surface area contributed by atoms with Gasteiger partial charge in [-0.2, -0.15) is 0 Å². The van der Waals surface area contributed by atoms with E-state index in [-0.39, 0.29) is 0 Å². The van der Waals surface area contributed by atoms with Crippen molar-refractivity contribution in [3.05, 3.63) is 24.5 Å². The summed E-state index contributed by atoms with van der Waals surface area (Å²) in [6.07, 6.45) is 3.62. The molecule has 2 aromatic rings.